The molecule has 0 unspecified atom stereocenters. The highest BCUT2D eigenvalue weighted by Crippen LogP contribution is 2.35. The maximum Gasteiger partial charge on any atom is 0.407 e. The number of methoxy groups -OCH3 is 1. The van der Waals surface area contributed by atoms with E-state index in [1.165, 1.54) is 0 Å². The fraction of sp³-hybridized carbons (Fsp3) is 0.500. The molecule has 0 atom stereocenters. The SMILES string of the molecule is CCCCOC(=O)NCc1ccc2c(c1C)CN(C1CCC(C(=O)Nc3ccc(C)c(OC)c3)CC1)C(=O)N2. The van der Waals surface area contributed by atoms with Crippen LogP contribution in [0.3, 0.4) is 0 Å². The molecule has 1 fully saturated rings. The van der Waals surface area contributed by atoms with Gasteiger partial charge in [0.15, 0.2) is 0 Å². The average Bonchev–Trinajstić information content (AvgIpc) is 2.93. The second-order valence-corrected chi connectivity index (χ2v) is 10.5. The van der Waals surface area contributed by atoms with Crippen molar-refractivity contribution < 1.29 is 23.9 Å². The average molecular weight is 537 g/mol. The standard InChI is InChI=1S/C30H40N4O5/c1-5-6-15-39-30(37)31-17-22-10-14-26-25(20(22)3)18-34(29(36)33-26)24-12-8-21(9-13-24)28(35)32-23-11-7-19(2)27(16-23)38-4/h7,10-11,14,16,21,24H,5-6,8-9,12-13,15,17-18H2,1-4H3,(H,31,37)(H,32,35)(H,33,36). The van der Waals surface area contributed by atoms with Crippen LogP contribution >= 0.6 is 0 Å². The summed E-state index contributed by atoms with van der Waals surface area (Å²) in [5, 5.41) is 8.89. The highest BCUT2D eigenvalue weighted by atomic mass is 16.5. The number of benzene rings is 2. The summed E-state index contributed by atoms with van der Waals surface area (Å²) in [7, 11) is 1.62. The minimum atomic E-state index is -0.419. The van der Waals surface area contributed by atoms with E-state index in [-0.39, 0.29) is 23.9 Å². The summed E-state index contributed by atoms with van der Waals surface area (Å²) in [6.07, 6.45) is 4.37. The van der Waals surface area contributed by atoms with E-state index in [0.717, 1.165) is 77.9 Å². The Hall–Kier alpha value is -3.75. The molecule has 1 heterocycles. The number of hydrogen-bond donors (Lipinski definition) is 3. The molecular weight excluding hydrogens is 496 g/mol. The van der Waals surface area contributed by atoms with Gasteiger partial charge in [-0.15, -0.1) is 0 Å². The molecule has 0 saturated heterocycles. The van der Waals surface area contributed by atoms with Gasteiger partial charge < -0.3 is 30.3 Å². The van der Waals surface area contributed by atoms with Crippen LogP contribution in [0.4, 0.5) is 21.0 Å². The first-order chi connectivity index (χ1) is 18.8. The van der Waals surface area contributed by atoms with Crippen molar-refractivity contribution in [3.8, 4) is 5.75 Å². The van der Waals surface area contributed by atoms with Crippen molar-refractivity contribution in [3.63, 3.8) is 0 Å². The van der Waals surface area contributed by atoms with Crippen LogP contribution in [0.1, 0.15) is 67.7 Å². The molecule has 39 heavy (non-hydrogen) atoms. The van der Waals surface area contributed by atoms with Crippen molar-refractivity contribution in [2.24, 2.45) is 5.92 Å². The lowest BCUT2D eigenvalue weighted by atomic mass is 9.84. The van der Waals surface area contributed by atoms with Crippen LogP contribution in [-0.4, -0.2) is 42.7 Å². The molecule has 4 amide bonds. The third-order valence-electron chi connectivity index (χ3n) is 7.88. The summed E-state index contributed by atoms with van der Waals surface area (Å²) in [4.78, 5) is 39.8. The molecule has 1 aliphatic heterocycles. The first-order valence-electron chi connectivity index (χ1n) is 13.9. The number of hydrogen-bond acceptors (Lipinski definition) is 5. The molecular formula is C30H40N4O5. The van der Waals surface area contributed by atoms with Crippen LogP contribution in [-0.2, 0) is 22.6 Å². The van der Waals surface area contributed by atoms with Crippen LogP contribution in [0.15, 0.2) is 30.3 Å². The molecule has 9 nitrogen and oxygen atoms in total. The van der Waals surface area contributed by atoms with Crippen LogP contribution in [0.25, 0.3) is 0 Å². The van der Waals surface area contributed by atoms with Crippen LogP contribution in [0.5, 0.6) is 5.75 Å². The van der Waals surface area contributed by atoms with Crippen molar-refractivity contribution >= 4 is 29.4 Å². The summed E-state index contributed by atoms with van der Waals surface area (Å²) in [5.41, 5.74) is 5.65. The maximum atomic E-state index is 13.0. The zero-order chi connectivity index (χ0) is 27.9. The Kier molecular flexibility index (Phi) is 9.32. The number of aryl methyl sites for hydroxylation is 1. The number of ether oxygens (including phenoxy) is 2. The quantitative estimate of drug-likeness (QED) is 0.347. The number of carbonyl (C=O) groups excluding carboxylic acids is 3. The van der Waals surface area contributed by atoms with E-state index in [1.54, 1.807) is 7.11 Å². The van der Waals surface area contributed by atoms with Crippen molar-refractivity contribution in [2.45, 2.75) is 78.4 Å². The van der Waals surface area contributed by atoms with Crippen molar-refractivity contribution in [1.82, 2.24) is 10.2 Å². The predicted molar refractivity (Wildman–Crippen MR) is 151 cm³/mol. The van der Waals surface area contributed by atoms with Gasteiger partial charge in [0, 0.05) is 35.9 Å². The molecule has 3 N–H and O–H groups in total. The number of unbranched alkanes of at least 4 members (excludes halogenated alkanes) is 1. The van der Waals surface area contributed by atoms with E-state index in [4.69, 9.17) is 9.47 Å². The van der Waals surface area contributed by atoms with E-state index in [1.807, 2.05) is 56.0 Å². The highest BCUT2D eigenvalue weighted by molar-refractivity contribution is 5.94. The van der Waals surface area contributed by atoms with Gasteiger partial charge in [-0.25, -0.2) is 9.59 Å². The lowest BCUT2D eigenvalue weighted by molar-refractivity contribution is -0.121. The summed E-state index contributed by atoms with van der Waals surface area (Å²) in [6.45, 7) is 7.32. The van der Waals surface area contributed by atoms with E-state index in [9.17, 15) is 14.4 Å². The molecule has 0 radical (unpaired) electrons. The third-order valence-corrected chi connectivity index (χ3v) is 7.88. The number of fused-ring (bicyclic) bond motifs is 1. The number of carbonyl (C=O) groups is 3. The monoisotopic (exact) mass is 536 g/mol. The minimum absolute atomic E-state index is 0.00834. The van der Waals surface area contributed by atoms with E-state index >= 15 is 0 Å². The lowest BCUT2D eigenvalue weighted by Crippen LogP contribution is -2.47. The second kappa shape index (κ2) is 12.9. The Morgan fingerprint density at radius 1 is 1.10 bits per heavy atom. The van der Waals surface area contributed by atoms with E-state index in [2.05, 4.69) is 16.0 Å². The fourth-order valence-electron chi connectivity index (χ4n) is 5.36. The molecule has 2 aliphatic rings. The molecule has 9 heteroatoms. The smallest absolute Gasteiger partial charge is 0.407 e. The van der Waals surface area contributed by atoms with Crippen LogP contribution in [0.2, 0.25) is 0 Å². The number of amides is 4. The molecule has 0 bridgehead atoms. The van der Waals surface area contributed by atoms with Crippen LogP contribution < -0.4 is 20.7 Å². The fourth-order valence-corrected chi connectivity index (χ4v) is 5.36. The summed E-state index contributed by atoms with van der Waals surface area (Å²) < 4.78 is 10.6. The Morgan fingerprint density at radius 3 is 2.59 bits per heavy atom. The van der Waals surface area contributed by atoms with Crippen molar-refractivity contribution in [1.29, 1.82) is 0 Å². The van der Waals surface area contributed by atoms with Gasteiger partial charge in [-0.1, -0.05) is 25.5 Å². The molecule has 2 aromatic carbocycles. The van der Waals surface area contributed by atoms with Crippen molar-refractivity contribution in [3.05, 3.63) is 52.6 Å². The summed E-state index contributed by atoms with van der Waals surface area (Å²) in [6, 6.07) is 9.46. The van der Waals surface area contributed by atoms with Gasteiger partial charge in [-0.05, 0) is 80.3 Å². The van der Waals surface area contributed by atoms with Crippen molar-refractivity contribution in [2.75, 3.05) is 24.4 Å². The number of nitrogens with zero attached hydrogens (tertiary/aromatic N) is 1. The number of anilines is 2. The van der Waals surface area contributed by atoms with E-state index < -0.39 is 6.09 Å². The van der Waals surface area contributed by atoms with Gasteiger partial charge in [0.25, 0.3) is 0 Å². The maximum absolute atomic E-state index is 13.0. The minimum Gasteiger partial charge on any atom is -0.496 e. The van der Waals surface area contributed by atoms with Crippen LogP contribution in [0, 0.1) is 19.8 Å². The van der Waals surface area contributed by atoms with Gasteiger partial charge in [-0.2, -0.15) is 0 Å². The van der Waals surface area contributed by atoms with E-state index in [0.29, 0.717) is 19.7 Å². The predicted octanol–water partition coefficient (Wildman–Crippen LogP) is 5.88. The lowest BCUT2D eigenvalue weighted by Gasteiger charge is -2.39. The largest absolute Gasteiger partial charge is 0.496 e. The van der Waals surface area contributed by atoms with Gasteiger partial charge in [0.1, 0.15) is 5.75 Å². The third kappa shape index (κ3) is 6.82. The molecule has 0 spiro atoms. The summed E-state index contributed by atoms with van der Waals surface area (Å²) in [5.74, 6) is 0.660. The number of urea groups is 1. The first-order valence-corrected chi connectivity index (χ1v) is 13.9. The molecule has 4 rings (SSSR count). The highest BCUT2D eigenvalue weighted by Gasteiger charge is 2.34. The Labute approximate surface area is 230 Å². The molecule has 2 aromatic rings. The van der Waals surface area contributed by atoms with Gasteiger partial charge in [0.2, 0.25) is 5.91 Å². The summed E-state index contributed by atoms with van der Waals surface area (Å²) >= 11 is 0. The van der Waals surface area contributed by atoms with Gasteiger partial charge in [-0.3, -0.25) is 4.79 Å². The first kappa shape index (κ1) is 28.3. The molecule has 0 aromatic heterocycles. The Balaban J connectivity index is 1.34. The topological polar surface area (TPSA) is 109 Å². The Morgan fingerprint density at radius 2 is 1.87 bits per heavy atom. The van der Waals surface area contributed by atoms with Gasteiger partial charge >= 0.3 is 12.1 Å². The number of rotatable bonds is 9. The Bertz CT molecular complexity index is 1210. The second-order valence-electron chi connectivity index (χ2n) is 10.5. The number of nitrogens with one attached hydrogen (secondary N) is 3. The van der Waals surface area contributed by atoms with Gasteiger partial charge in [0.05, 0.1) is 20.3 Å². The number of alkyl carbamates (subject to hydrolysis) is 1. The molecule has 1 saturated carbocycles. The molecule has 210 valence electrons. The molecule has 1 aliphatic carbocycles. The normalized spacial score (nSPS) is 18.6. The zero-order valence-corrected chi connectivity index (χ0v) is 23.4. The zero-order valence-electron chi connectivity index (χ0n) is 23.4.